The van der Waals surface area contributed by atoms with Crippen LogP contribution in [-0.2, 0) is 0 Å². The average Bonchev–Trinajstić information content (AvgIpc) is 2.30. The summed E-state index contributed by atoms with van der Waals surface area (Å²) in [5.74, 6) is 0. The predicted molar refractivity (Wildman–Crippen MR) is 45.1 cm³/mol. The number of likely N-dealkylation sites (tertiary alicyclic amines) is 1. The molecule has 1 fully saturated rings. The Morgan fingerprint density at radius 3 is 2.55 bits per heavy atom. The van der Waals surface area contributed by atoms with Gasteiger partial charge in [0, 0.05) is 18.6 Å². The lowest BCUT2D eigenvalue weighted by Crippen LogP contribution is -2.33. The molecule has 64 valence electrons. The van der Waals surface area contributed by atoms with Gasteiger partial charge in [-0.3, -0.25) is 4.90 Å². The van der Waals surface area contributed by atoms with Crippen molar-refractivity contribution in [3.8, 4) is 0 Å². The van der Waals surface area contributed by atoms with Gasteiger partial charge < -0.3 is 0 Å². The molecule has 1 unspecified atom stereocenters. The Morgan fingerprint density at radius 1 is 1.64 bits per heavy atom. The summed E-state index contributed by atoms with van der Waals surface area (Å²) < 4.78 is 12.1. The molecule has 0 bridgehead atoms. The molecule has 0 amide bonds. The molecule has 1 heterocycles. The summed E-state index contributed by atoms with van der Waals surface area (Å²) in [6, 6.07) is 1.04. The van der Waals surface area contributed by atoms with E-state index < -0.39 is 0 Å². The van der Waals surface area contributed by atoms with Gasteiger partial charge in [0.15, 0.2) is 0 Å². The minimum Gasteiger partial charge on any atom is -0.294 e. The van der Waals surface area contributed by atoms with Crippen molar-refractivity contribution in [1.82, 2.24) is 4.90 Å². The van der Waals surface area contributed by atoms with Crippen LogP contribution in [0, 0.1) is 0 Å². The summed E-state index contributed by atoms with van der Waals surface area (Å²) >= 11 is 0. The Bertz CT molecular complexity index is 163. The fourth-order valence-electron chi connectivity index (χ4n) is 1.72. The molecule has 0 spiro atoms. The number of halogens is 1. The zero-order valence-electron chi connectivity index (χ0n) is 7.47. The van der Waals surface area contributed by atoms with E-state index in [1.807, 2.05) is 0 Å². The van der Waals surface area contributed by atoms with Gasteiger partial charge in [-0.2, -0.15) is 0 Å². The van der Waals surface area contributed by atoms with Crippen molar-refractivity contribution < 1.29 is 4.39 Å². The summed E-state index contributed by atoms with van der Waals surface area (Å²) in [5.41, 5.74) is 0.936. The van der Waals surface area contributed by atoms with E-state index >= 15 is 0 Å². The minimum atomic E-state index is 0.511. The maximum atomic E-state index is 12.1. The molecule has 1 nitrogen and oxygen atoms in total. The van der Waals surface area contributed by atoms with E-state index in [1.54, 1.807) is 0 Å². The van der Waals surface area contributed by atoms with Gasteiger partial charge in [0.1, 0.15) is 0 Å². The molecule has 0 radical (unpaired) electrons. The fourth-order valence-corrected chi connectivity index (χ4v) is 1.72. The third kappa shape index (κ3) is 1.80. The minimum absolute atomic E-state index is 0.511. The van der Waals surface area contributed by atoms with Gasteiger partial charge in [-0.05, 0) is 32.8 Å². The summed E-state index contributed by atoms with van der Waals surface area (Å²) in [7, 11) is 0. The molecule has 0 saturated carbocycles. The maximum Gasteiger partial charge on any atom is 0.0872 e. The molecule has 1 saturated heterocycles. The Morgan fingerprint density at radius 2 is 2.27 bits per heavy atom. The molecule has 0 aromatic heterocycles. The van der Waals surface area contributed by atoms with Crippen LogP contribution in [0.2, 0.25) is 0 Å². The summed E-state index contributed by atoms with van der Waals surface area (Å²) in [6.45, 7) is 7.27. The van der Waals surface area contributed by atoms with Crippen molar-refractivity contribution in [1.29, 1.82) is 0 Å². The number of nitrogens with zero attached hydrogens (tertiary/aromatic N) is 1. The number of hydrogen-bond donors (Lipinski definition) is 0. The summed E-state index contributed by atoms with van der Waals surface area (Å²) in [6.07, 6.45) is 1.66. The first kappa shape index (κ1) is 8.72. The SMILES string of the molecule is CC(C)N1C/C(=C/F)CC1C. The van der Waals surface area contributed by atoms with E-state index in [0.717, 1.165) is 24.9 Å². The topological polar surface area (TPSA) is 3.24 Å². The molecule has 1 aliphatic rings. The van der Waals surface area contributed by atoms with Gasteiger partial charge in [-0.25, -0.2) is 4.39 Å². The lowest BCUT2D eigenvalue weighted by atomic mass is 10.2. The zero-order chi connectivity index (χ0) is 8.43. The van der Waals surface area contributed by atoms with E-state index in [4.69, 9.17) is 0 Å². The van der Waals surface area contributed by atoms with Crippen molar-refractivity contribution in [3.63, 3.8) is 0 Å². The van der Waals surface area contributed by atoms with Crippen LogP contribution in [0.15, 0.2) is 11.9 Å². The van der Waals surface area contributed by atoms with Gasteiger partial charge in [0.2, 0.25) is 0 Å². The largest absolute Gasteiger partial charge is 0.294 e. The highest BCUT2D eigenvalue weighted by molar-refractivity contribution is 5.09. The van der Waals surface area contributed by atoms with E-state index in [9.17, 15) is 4.39 Å². The van der Waals surface area contributed by atoms with Crippen LogP contribution in [-0.4, -0.2) is 23.5 Å². The Balaban J connectivity index is 2.59. The third-order valence-electron chi connectivity index (χ3n) is 2.33. The van der Waals surface area contributed by atoms with Gasteiger partial charge in [0.25, 0.3) is 0 Å². The summed E-state index contributed by atoms with van der Waals surface area (Å²) in [4.78, 5) is 2.31. The Kier molecular flexibility index (Phi) is 2.66. The maximum absolute atomic E-state index is 12.1. The first-order valence-corrected chi connectivity index (χ1v) is 4.19. The molecule has 1 rings (SSSR count). The van der Waals surface area contributed by atoms with E-state index in [-0.39, 0.29) is 0 Å². The molecule has 0 aromatic carbocycles. The van der Waals surface area contributed by atoms with E-state index in [1.165, 1.54) is 0 Å². The van der Waals surface area contributed by atoms with Gasteiger partial charge in [-0.1, -0.05) is 0 Å². The Labute approximate surface area is 67.9 Å². The zero-order valence-corrected chi connectivity index (χ0v) is 7.47. The van der Waals surface area contributed by atoms with Crippen molar-refractivity contribution in [3.05, 3.63) is 11.9 Å². The quantitative estimate of drug-likeness (QED) is 0.564. The highest BCUT2D eigenvalue weighted by atomic mass is 19.1. The standard InChI is InChI=1S/C9H16FN/c1-7(2)11-6-9(5-10)4-8(11)3/h5,7-8H,4,6H2,1-3H3/b9-5+. The number of rotatable bonds is 1. The van der Waals surface area contributed by atoms with Gasteiger partial charge >= 0.3 is 0 Å². The lowest BCUT2D eigenvalue weighted by molar-refractivity contribution is 0.218. The lowest BCUT2D eigenvalue weighted by Gasteiger charge is -2.24. The molecule has 0 N–H and O–H groups in total. The summed E-state index contributed by atoms with van der Waals surface area (Å²) in [5, 5.41) is 0. The molecular weight excluding hydrogens is 141 g/mol. The monoisotopic (exact) mass is 157 g/mol. The molecule has 0 aliphatic carbocycles. The van der Waals surface area contributed by atoms with E-state index in [2.05, 4.69) is 25.7 Å². The molecule has 0 aromatic rings. The number of hydrogen-bond acceptors (Lipinski definition) is 1. The molecular formula is C9H16FN. The van der Waals surface area contributed by atoms with Crippen LogP contribution >= 0.6 is 0 Å². The van der Waals surface area contributed by atoms with Crippen molar-refractivity contribution in [2.45, 2.75) is 39.3 Å². The van der Waals surface area contributed by atoms with Crippen LogP contribution in [0.25, 0.3) is 0 Å². The highest BCUT2D eigenvalue weighted by Crippen LogP contribution is 2.23. The van der Waals surface area contributed by atoms with Crippen LogP contribution in [0.1, 0.15) is 27.2 Å². The van der Waals surface area contributed by atoms with Crippen LogP contribution in [0.3, 0.4) is 0 Å². The second kappa shape index (κ2) is 3.35. The third-order valence-corrected chi connectivity index (χ3v) is 2.33. The van der Waals surface area contributed by atoms with Crippen molar-refractivity contribution in [2.24, 2.45) is 0 Å². The van der Waals surface area contributed by atoms with E-state index in [0.29, 0.717) is 12.1 Å². The first-order chi connectivity index (χ1) is 5.15. The second-order valence-electron chi connectivity index (χ2n) is 3.59. The highest BCUT2D eigenvalue weighted by Gasteiger charge is 2.25. The van der Waals surface area contributed by atoms with Crippen LogP contribution in [0.4, 0.5) is 4.39 Å². The molecule has 1 atom stereocenters. The van der Waals surface area contributed by atoms with Gasteiger partial charge in [0.05, 0.1) is 6.33 Å². The second-order valence-corrected chi connectivity index (χ2v) is 3.59. The van der Waals surface area contributed by atoms with Crippen molar-refractivity contribution >= 4 is 0 Å². The predicted octanol–water partition coefficient (Wildman–Crippen LogP) is 2.34. The average molecular weight is 157 g/mol. The van der Waals surface area contributed by atoms with Crippen LogP contribution < -0.4 is 0 Å². The molecule has 2 heteroatoms. The smallest absolute Gasteiger partial charge is 0.0872 e. The normalized spacial score (nSPS) is 30.6. The van der Waals surface area contributed by atoms with Crippen molar-refractivity contribution in [2.75, 3.05) is 6.54 Å². The molecule has 11 heavy (non-hydrogen) atoms. The first-order valence-electron chi connectivity index (χ1n) is 4.19. The van der Waals surface area contributed by atoms with Crippen LogP contribution in [0.5, 0.6) is 0 Å². The Hall–Kier alpha value is -0.370. The molecule has 1 aliphatic heterocycles. The fraction of sp³-hybridized carbons (Fsp3) is 0.778. The van der Waals surface area contributed by atoms with Gasteiger partial charge in [-0.15, -0.1) is 0 Å².